The summed E-state index contributed by atoms with van der Waals surface area (Å²) in [7, 11) is 0. The van der Waals surface area contributed by atoms with Gasteiger partial charge in [-0.3, -0.25) is 4.90 Å². The third kappa shape index (κ3) is 2.98. The number of nitrogens with zero attached hydrogens (tertiary/aromatic N) is 1. The Kier molecular flexibility index (Phi) is 4.44. The molecule has 2 atom stereocenters. The molecule has 1 saturated carbocycles. The summed E-state index contributed by atoms with van der Waals surface area (Å²) in [6.07, 6.45) is 5.79. The smallest absolute Gasteiger partial charge is 0.0695 e. The van der Waals surface area contributed by atoms with Crippen LogP contribution in [0.3, 0.4) is 0 Å². The highest BCUT2D eigenvalue weighted by Crippen LogP contribution is 2.34. The van der Waals surface area contributed by atoms with Crippen molar-refractivity contribution in [3.63, 3.8) is 0 Å². The Balaban J connectivity index is 1.62. The van der Waals surface area contributed by atoms with E-state index < -0.39 is 0 Å². The molecule has 2 fully saturated rings. The maximum atomic E-state index is 10.0. The molecule has 104 valence electrons. The molecule has 19 heavy (non-hydrogen) atoms. The van der Waals surface area contributed by atoms with Crippen LogP contribution in [0.4, 0.5) is 0 Å². The average Bonchev–Trinajstić information content (AvgIpc) is 2.86. The van der Waals surface area contributed by atoms with Gasteiger partial charge in [0.05, 0.1) is 6.10 Å². The number of aliphatic hydroxyl groups excluding tert-OH is 1. The van der Waals surface area contributed by atoms with Crippen molar-refractivity contribution in [2.45, 2.75) is 50.2 Å². The van der Waals surface area contributed by atoms with Gasteiger partial charge in [-0.2, -0.15) is 0 Å². The predicted octanol–water partition coefficient (Wildman–Crippen LogP) is 3.38. The molecule has 1 saturated heterocycles. The molecule has 3 heteroatoms. The second-order valence-corrected chi connectivity index (χ2v) is 7.06. The number of benzene rings is 1. The topological polar surface area (TPSA) is 23.5 Å². The molecule has 1 aromatic rings. The molecule has 3 rings (SSSR count). The lowest BCUT2D eigenvalue weighted by Gasteiger charge is -2.37. The third-order valence-electron chi connectivity index (χ3n) is 4.79. The van der Waals surface area contributed by atoms with Crippen LogP contribution in [0.5, 0.6) is 0 Å². The van der Waals surface area contributed by atoms with E-state index in [0.29, 0.717) is 12.0 Å². The van der Waals surface area contributed by atoms with Gasteiger partial charge in [-0.05, 0) is 85.3 Å². The second kappa shape index (κ2) is 6.10. The minimum absolute atomic E-state index is 0.0755. The number of rotatable bonds is 2. The van der Waals surface area contributed by atoms with Gasteiger partial charge in [-0.25, -0.2) is 0 Å². The molecular weight excluding hydrogens is 347 g/mol. The van der Waals surface area contributed by atoms with E-state index in [-0.39, 0.29) is 6.10 Å². The second-order valence-electron chi connectivity index (χ2n) is 5.90. The highest BCUT2D eigenvalue weighted by Gasteiger charge is 2.33. The zero-order valence-corrected chi connectivity index (χ0v) is 13.4. The van der Waals surface area contributed by atoms with Crippen LogP contribution in [0.15, 0.2) is 24.3 Å². The predicted molar refractivity (Wildman–Crippen MR) is 86.4 cm³/mol. The van der Waals surface area contributed by atoms with Crippen molar-refractivity contribution in [2.75, 3.05) is 13.1 Å². The molecule has 2 aliphatic rings. The van der Waals surface area contributed by atoms with E-state index in [1.807, 2.05) is 0 Å². The summed E-state index contributed by atoms with van der Waals surface area (Å²) in [4.78, 5) is 2.53. The van der Waals surface area contributed by atoms with E-state index in [2.05, 4.69) is 51.8 Å². The van der Waals surface area contributed by atoms with E-state index in [1.54, 1.807) is 0 Å². The summed E-state index contributed by atoms with van der Waals surface area (Å²) in [5, 5.41) is 10.0. The van der Waals surface area contributed by atoms with Gasteiger partial charge in [0.1, 0.15) is 0 Å². The fraction of sp³-hybridized carbons (Fsp3) is 0.625. The normalized spacial score (nSPS) is 29.8. The first kappa shape index (κ1) is 13.8. The number of aliphatic hydroxyl groups is 1. The molecule has 1 N–H and O–H groups in total. The first-order valence-corrected chi connectivity index (χ1v) is 8.50. The van der Waals surface area contributed by atoms with Crippen molar-refractivity contribution < 1.29 is 5.11 Å². The van der Waals surface area contributed by atoms with Crippen LogP contribution >= 0.6 is 22.6 Å². The van der Waals surface area contributed by atoms with Crippen molar-refractivity contribution in [1.82, 2.24) is 4.90 Å². The van der Waals surface area contributed by atoms with E-state index >= 15 is 0 Å². The molecule has 0 spiro atoms. The lowest BCUT2D eigenvalue weighted by molar-refractivity contribution is 0.0552. The Morgan fingerprint density at radius 2 is 1.79 bits per heavy atom. The summed E-state index contributed by atoms with van der Waals surface area (Å²) in [5.41, 5.74) is 1.52. The van der Waals surface area contributed by atoms with Crippen molar-refractivity contribution >= 4 is 22.6 Å². The average molecular weight is 369 g/mol. The lowest BCUT2D eigenvalue weighted by atomic mass is 9.88. The molecule has 1 aliphatic carbocycles. The van der Waals surface area contributed by atoms with Gasteiger partial charge in [0.25, 0.3) is 0 Å². The van der Waals surface area contributed by atoms with Gasteiger partial charge in [0, 0.05) is 9.61 Å². The molecule has 2 unspecified atom stereocenters. The molecular formula is C16H22INO. The van der Waals surface area contributed by atoms with Crippen LogP contribution in [-0.4, -0.2) is 35.2 Å². The fourth-order valence-corrected chi connectivity index (χ4v) is 4.52. The molecule has 1 aliphatic heterocycles. The zero-order valence-electron chi connectivity index (χ0n) is 11.3. The summed E-state index contributed by atoms with van der Waals surface area (Å²) >= 11 is 2.46. The van der Waals surface area contributed by atoms with Gasteiger partial charge in [0.15, 0.2) is 0 Å². The molecule has 2 nitrogen and oxygen atoms in total. The first-order valence-electron chi connectivity index (χ1n) is 7.42. The molecule has 1 heterocycles. The van der Waals surface area contributed by atoms with Gasteiger partial charge in [-0.1, -0.05) is 18.2 Å². The van der Waals surface area contributed by atoms with Crippen molar-refractivity contribution in [3.8, 4) is 0 Å². The molecule has 0 amide bonds. The molecule has 0 bridgehead atoms. The van der Waals surface area contributed by atoms with Gasteiger partial charge < -0.3 is 5.11 Å². The van der Waals surface area contributed by atoms with Gasteiger partial charge in [-0.15, -0.1) is 0 Å². The van der Waals surface area contributed by atoms with Crippen LogP contribution in [0.1, 0.15) is 43.6 Å². The summed E-state index contributed by atoms with van der Waals surface area (Å²) < 4.78 is 1.40. The zero-order chi connectivity index (χ0) is 13.2. The van der Waals surface area contributed by atoms with Crippen LogP contribution in [0, 0.1) is 3.57 Å². The monoisotopic (exact) mass is 369 g/mol. The minimum atomic E-state index is -0.0755. The fourth-order valence-electron chi connectivity index (χ4n) is 3.70. The van der Waals surface area contributed by atoms with Crippen molar-refractivity contribution in [3.05, 3.63) is 33.4 Å². The third-order valence-corrected chi connectivity index (χ3v) is 5.77. The number of halogens is 1. The minimum Gasteiger partial charge on any atom is -0.391 e. The van der Waals surface area contributed by atoms with E-state index in [0.717, 1.165) is 19.5 Å². The number of likely N-dealkylation sites (tertiary alicyclic amines) is 1. The largest absolute Gasteiger partial charge is 0.391 e. The highest BCUT2D eigenvalue weighted by molar-refractivity contribution is 14.1. The Morgan fingerprint density at radius 1 is 1.05 bits per heavy atom. The molecule has 1 aromatic carbocycles. The highest BCUT2D eigenvalue weighted by atomic mass is 125. The Bertz CT molecular complexity index is 429. The van der Waals surface area contributed by atoms with Crippen LogP contribution in [-0.2, 0) is 0 Å². The Labute approximate surface area is 129 Å². The lowest BCUT2D eigenvalue weighted by Crippen LogP contribution is -2.44. The van der Waals surface area contributed by atoms with E-state index in [9.17, 15) is 5.11 Å². The first-order chi connectivity index (χ1) is 9.25. The summed E-state index contributed by atoms with van der Waals surface area (Å²) in [6.45, 7) is 2.30. The maximum Gasteiger partial charge on any atom is 0.0695 e. The number of hydrogen-bond donors (Lipinski definition) is 1. The molecule has 0 aromatic heterocycles. The Hall–Kier alpha value is -0.130. The van der Waals surface area contributed by atoms with E-state index in [4.69, 9.17) is 0 Å². The summed E-state index contributed by atoms with van der Waals surface area (Å²) in [6, 6.07) is 9.21. The van der Waals surface area contributed by atoms with Crippen LogP contribution in [0.25, 0.3) is 0 Å². The van der Waals surface area contributed by atoms with Gasteiger partial charge >= 0.3 is 0 Å². The van der Waals surface area contributed by atoms with Crippen LogP contribution in [0.2, 0.25) is 0 Å². The maximum absolute atomic E-state index is 10.0. The quantitative estimate of drug-likeness (QED) is 0.808. The number of piperidine rings is 1. The van der Waals surface area contributed by atoms with Crippen molar-refractivity contribution in [1.29, 1.82) is 0 Å². The Morgan fingerprint density at radius 3 is 2.42 bits per heavy atom. The molecule has 0 radical (unpaired) electrons. The van der Waals surface area contributed by atoms with E-state index in [1.165, 1.54) is 34.8 Å². The number of hydrogen-bond acceptors (Lipinski definition) is 2. The van der Waals surface area contributed by atoms with Crippen molar-refractivity contribution in [2.24, 2.45) is 0 Å². The SMILES string of the molecule is OC1CCCC1N1CCC(c2ccccc2[125I])CC1. The van der Waals surface area contributed by atoms with Crippen LogP contribution < -0.4 is 0 Å². The summed E-state index contributed by atoms with van der Waals surface area (Å²) in [5.74, 6) is 0.711. The van der Waals surface area contributed by atoms with Gasteiger partial charge in [0.2, 0.25) is 0 Å². The standard InChI is InChI=1S/C16H22INO/c17-14-5-2-1-4-13(14)12-8-10-18(11-9-12)15-6-3-7-16(15)19/h1-2,4-5,12,15-16,19H,3,6-11H2/i17-2.